The monoisotopic (exact) mass is 469 g/mol. The van der Waals surface area contributed by atoms with E-state index in [4.69, 9.17) is 0 Å². The van der Waals surface area contributed by atoms with Crippen LogP contribution in [0, 0.1) is 0 Å². The molecule has 35 heavy (non-hydrogen) atoms. The number of aliphatic hydroxyl groups is 1. The molecule has 6 heteroatoms. The predicted molar refractivity (Wildman–Crippen MR) is 135 cm³/mol. The fourth-order valence-electron chi connectivity index (χ4n) is 5.35. The Morgan fingerprint density at radius 3 is 1.71 bits per heavy atom. The highest BCUT2D eigenvalue weighted by Crippen LogP contribution is 2.36. The lowest BCUT2D eigenvalue weighted by Crippen LogP contribution is -2.45. The van der Waals surface area contributed by atoms with E-state index in [-0.39, 0.29) is 11.9 Å². The van der Waals surface area contributed by atoms with E-state index in [1.807, 2.05) is 91.0 Å². The summed E-state index contributed by atoms with van der Waals surface area (Å²) in [5.74, 6) is -0.239. The van der Waals surface area contributed by atoms with E-state index in [1.165, 1.54) is 4.90 Å². The number of nitrogens with one attached hydrogen (secondary N) is 1. The second kappa shape index (κ2) is 9.64. The molecule has 0 bridgehead atoms. The maximum absolute atomic E-state index is 13.8. The summed E-state index contributed by atoms with van der Waals surface area (Å²) in [4.78, 5) is 30.4. The molecule has 2 N–H and O–H groups in total. The van der Waals surface area contributed by atoms with Crippen molar-refractivity contribution >= 4 is 11.9 Å². The molecule has 0 atom stereocenters. The fourth-order valence-corrected chi connectivity index (χ4v) is 5.35. The first-order valence-corrected chi connectivity index (χ1v) is 12.3. The number of likely N-dealkylation sites (tertiary alicyclic amines) is 1. The fraction of sp³-hybridized carbons (Fsp3) is 0.310. The molecular weight excluding hydrogens is 438 g/mol. The van der Waals surface area contributed by atoms with Gasteiger partial charge in [0.2, 0.25) is 0 Å². The molecule has 0 aromatic heterocycles. The third-order valence-corrected chi connectivity index (χ3v) is 7.37. The number of amides is 3. The van der Waals surface area contributed by atoms with Crippen molar-refractivity contribution in [1.82, 2.24) is 15.1 Å². The van der Waals surface area contributed by atoms with E-state index in [0.717, 1.165) is 36.3 Å². The number of nitrogens with zero attached hydrogens (tertiary/aromatic N) is 2. The highest BCUT2D eigenvalue weighted by Gasteiger charge is 2.53. The SMILES string of the molecule is O=C1NC(c2ccccc2)(c2ccccc2)C(=O)N1CCCN1CCC(O)(c2ccccc2)CC1. The third-order valence-electron chi connectivity index (χ3n) is 7.37. The molecule has 0 aliphatic carbocycles. The molecule has 2 saturated heterocycles. The van der Waals surface area contributed by atoms with Gasteiger partial charge in [-0.15, -0.1) is 0 Å². The molecule has 3 amide bonds. The standard InChI is InChI=1S/C29H31N3O3/c33-26-29(24-13-6-2-7-14-24,25-15-8-3-9-16-25)30-27(34)32(26)20-10-19-31-21-17-28(35,18-22-31)23-11-4-1-5-12-23/h1-9,11-16,35H,10,17-22H2,(H,30,34). The molecule has 6 nitrogen and oxygen atoms in total. The first-order valence-electron chi connectivity index (χ1n) is 12.3. The summed E-state index contributed by atoms with van der Waals surface area (Å²) in [6.07, 6.45) is 2.03. The summed E-state index contributed by atoms with van der Waals surface area (Å²) in [7, 11) is 0. The van der Waals surface area contributed by atoms with Gasteiger partial charge in [0.15, 0.2) is 5.54 Å². The zero-order valence-corrected chi connectivity index (χ0v) is 19.8. The molecule has 2 aliphatic heterocycles. The van der Waals surface area contributed by atoms with Crippen LogP contribution in [0.5, 0.6) is 0 Å². The van der Waals surface area contributed by atoms with E-state index >= 15 is 0 Å². The third kappa shape index (κ3) is 4.35. The van der Waals surface area contributed by atoms with Crippen molar-refractivity contribution < 1.29 is 14.7 Å². The smallest absolute Gasteiger partial charge is 0.325 e. The van der Waals surface area contributed by atoms with Gasteiger partial charge in [0.1, 0.15) is 0 Å². The van der Waals surface area contributed by atoms with Crippen molar-refractivity contribution in [1.29, 1.82) is 0 Å². The van der Waals surface area contributed by atoms with Crippen molar-refractivity contribution in [2.75, 3.05) is 26.2 Å². The molecule has 0 saturated carbocycles. The van der Waals surface area contributed by atoms with Gasteiger partial charge in [-0.3, -0.25) is 9.69 Å². The molecule has 180 valence electrons. The highest BCUT2D eigenvalue weighted by molar-refractivity contribution is 6.09. The number of imide groups is 1. The summed E-state index contributed by atoms with van der Waals surface area (Å²) in [6.45, 7) is 2.68. The van der Waals surface area contributed by atoms with Crippen molar-refractivity contribution in [2.45, 2.75) is 30.4 Å². The van der Waals surface area contributed by atoms with Crippen molar-refractivity contribution in [3.8, 4) is 0 Å². The average molecular weight is 470 g/mol. The van der Waals surface area contributed by atoms with E-state index in [1.54, 1.807) is 0 Å². The lowest BCUT2D eigenvalue weighted by molar-refractivity contribution is -0.130. The van der Waals surface area contributed by atoms with E-state index < -0.39 is 11.1 Å². The van der Waals surface area contributed by atoms with Crippen molar-refractivity contribution in [3.05, 3.63) is 108 Å². The van der Waals surface area contributed by atoms with Crippen LogP contribution in [0.2, 0.25) is 0 Å². The molecular formula is C29H31N3O3. The predicted octanol–water partition coefficient (Wildman–Crippen LogP) is 3.86. The van der Waals surface area contributed by atoms with Gasteiger partial charge in [0, 0.05) is 19.6 Å². The largest absolute Gasteiger partial charge is 0.385 e. The van der Waals surface area contributed by atoms with Crippen LogP contribution >= 0.6 is 0 Å². The lowest BCUT2D eigenvalue weighted by Gasteiger charge is -2.38. The van der Waals surface area contributed by atoms with Crippen LogP contribution in [0.1, 0.15) is 36.0 Å². The number of hydrogen-bond donors (Lipinski definition) is 2. The summed E-state index contributed by atoms with van der Waals surface area (Å²) in [5, 5.41) is 14.1. The van der Waals surface area contributed by atoms with Gasteiger partial charge in [0.25, 0.3) is 5.91 Å². The van der Waals surface area contributed by atoms with Crippen LogP contribution < -0.4 is 5.32 Å². The molecule has 3 aromatic carbocycles. The highest BCUT2D eigenvalue weighted by atomic mass is 16.3. The minimum absolute atomic E-state index is 0.239. The molecule has 0 radical (unpaired) electrons. The maximum atomic E-state index is 13.8. The zero-order valence-electron chi connectivity index (χ0n) is 19.8. The summed E-state index contributed by atoms with van der Waals surface area (Å²) < 4.78 is 0. The van der Waals surface area contributed by atoms with Crippen LogP contribution in [0.3, 0.4) is 0 Å². The Balaban J connectivity index is 1.24. The normalized spacial score (nSPS) is 19.5. The minimum Gasteiger partial charge on any atom is -0.385 e. The van der Waals surface area contributed by atoms with Crippen LogP contribution in [-0.4, -0.2) is 53.0 Å². The summed E-state index contributed by atoms with van der Waals surface area (Å²) in [5.41, 5.74) is 0.480. The quantitative estimate of drug-likeness (QED) is 0.516. The number of hydrogen-bond acceptors (Lipinski definition) is 4. The maximum Gasteiger partial charge on any atom is 0.325 e. The number of benzene rings is 3. The Morgan fingerprint density at radius 1 is 0.714 bits per heavy atom. The van der Waals surface area contributed by atoms with Crippen molar-refractivity contribution in [3.63, 3.8) is 0 Å². The average Bonchev–Trinajstić information content (AvgIpc) is 3.17. The van der Waals surface area contributed by atoms with Gasteiger partial charge in [-0.05, 0) is 42.5 Å². The van der Waals surface area contributed by atoms with Crippen LogP contribution in [0.4, 0.5) is 4.79 Å². The molecule has 3 aromatic rings. The second-order valence-corrected chi connectivity index (χ2v) is 9.46. The summed E-state index contributed by atoms with van der Waals surface area (Å²) in [6, 6.07) is 28.4. The van der Waals surface area contributed by atoms with Crippen LogP contribution in [0.15, 0.2) is 91.0 Å². The number of urea groups is 1. The number of piperidine rings is 1. The van der Waals surface area contributed by atoms with Gasteiger partial charge in [0.05, 0.1) is 5.60 Å². The Labute approximate surface area is 206 Å². The Bertz CT molecular complexity index is 1120. The number of carbonyl (C=O) groups is 2. The molecule has 0 unspecified atom stereocenters. The second-order valence-electron chi connectivity index (χ2n) is 9.46. The Morgan fingerprint density at radius 2 is 1.20 bits per heavy atom. The zero-order chi connectivity index (χ0) is 24.3. The van der Waals surface area contributed by atoms with Crippen LogP contribution in [-0.2, 0) is 15.9 Å². The van der Waals surface area contributed by atoms with E-state index in [9.17, 15) is 14.7 Å². The topological polar surface area (TPSA) is 72.9 Å². The first kappa shape index (κ1) is 23.3. The number of rotatable bonds is 7. The van der Waals surface area contributed by atoms with E-state index in [2.05, 4.69) is 10.2 Å². The van der Waals surface area contributed by atoms with Crippen molar-refractivity contribution in [2.24, 2.45) is 0 Å². The molecule has 0 spiro atoms. The Hall–Kier alpha value is -3.48. The molecule has 2 fully saturated rings. The molecule has 5 rings (SSSR count). The Kier molecular flexibility index (Phi) is 6.41. The lowest BCUT2D eigenvalue weighted by atomic mass is 9.82. The van der Waals surface area contributed by atoms with E-state index in [0.29, 0.717) is 25.8 Å². The molecule has 2 heterocycles. The minimum atomic E-state index is -1.21. The van der Waals surface area contributed by atoms with Gasteiger partial charge in [-0.2, -0.15) is 0 Å². The first-order chi connectivity index (χ1) is 17.0. The number of carbonyl (C=O) groups excluding carboxylic acids is 2. The van der Waals surface area contributed by atoms with Gasteiger partial charge >= 0.3 is 6.03 Å². The van der Waals surface area contributed by atoms with Gasteiger partial charge in [-0.1, -0.05) is 91.0 Å². The van der Waals surface area contributed by atoms with Crippen LogP contribution in [0.25, 0.3) is 0 Å². The molecule has 2 aliphatic rings. The van der Waals surface area contributed by atoms with Gasteiger partial charge < -0.3 is 15.3 Å². The summed E-state index contributed by atoms with van der Waals surface area (Å²) >= 11 is 0. The van der Waals surface area contributed by atoms with Gasteiger partial charge in [-0.25, -0.2) is 4.79 Å².